The van der Waals surface area contributed by atoms with Crippen LogP contribution in [0.15, 0.2) is 12.1 Å². The summed E-state index contributed by atoms with van der Waals surface area (Å²) in [5, 5.41) is 0.191. The maximum atomic E-state index is 13.3. The molecule has 0 saturated heterocycles. The number of halogens is 4. The minimum Gasteiger partial charge on any atom is -0.205 e. The van der Waals surface area contributed by atoms with Crippen LogP contribution in [0.25, 0.3) is 0 Å². The summed E-state index contributed by atoms with van der Waals surface area (Å²) in [4.78, 5) is 0. The molecule has 0 saturated carbocycles. The average Bonchev–Trinajstić information content (AvgIpc) is 2.13. The lowest BCUT2D eigenvalue weighted by Gasteiger charge is -2.10. The predicted octanol–water partition coefficient (Wildman–Crippen LogP) is 4.12. The number of alkyl halides is 1. The second kappa shape index (κ2) is 4.38. The lowest BCUT2D eigenvalue weighted by molar-refractivity contribution is 0.567. The molecule has 1 atom stereocenters. The van der Waals surface area contributed by atoms with E-state index in [0.29, 0.717) is 10.9 Å². The summed E-state index contributed by atoms with van der Waals surface area (Å²) in [5.41, 5.74) is 0.434. The van der Waals surface area contributed by atoms with Gasteiger partial charge in [0.05, 0.1) is 0 Å². The molecule has 13 heavy (non-hydrogen) atoms. The third-order valence-corrected chi connectivity index (χ3v) is 3.15. The molecule has 0 N–H and O–H groups in total. The highest BCUT2D eigenvalue weighted by molar-refractivity contribution is 9.09. The highest BCUT2D eigenvalue weighted by Gasteiger charge is 2.15. The maximum Gasteiger partial charge on any atom is 0.148 e. The number of hydrogen-bond acceptors (Lipinski definition) is 0. The van der Waals surface area contributed by atoms with Crippen LogP contribution in [-0.4, -0.2) is 5.33 Å². The van der Waals surface area contributed by atoms with Gasteiger partial charge in [0.15, 0.2) is 0 Å². The van der Waals surface area contributed by atoms with Crippen LogP contribution >= 0.6 is 27.5 Å². The van der Waals surface area contributed by atoms with E-state index in [4.69, 9.17) is 11.6 Å². The SMILES string of the molecule is CC(CBr)c1ccc(F)c(Cl)c1F. The highest BCUT2D eigenvalue weighted by Crippen LogP contribution is 2.27. The molecule has 0 heterocycles. The van der Waals surface area contributed by atoms with Crippen molar-refractivity contribution in [1.82, 2.24) is 0 Å². The number of rotatable bonds is 2. The highest BCUT2D eigenvalue weighted by atomic mass is 79.9. The molecular weight excluding hydrogens is 261 g/mol. The van der Waals surface area contributed by atoms with Crippen LogP contribution in [0.1, 0.15) is 18.4 Å². The first-order chi connectivity index (χ1) is 6.07. The third kappa shape index (κ3) is 2.20. The summed E-state index contributed by atoms with van der Waals surface area (Å²) in [6.45, 7) is 1.83. The topological polar surface area (TPSA) is 0 Å². The van der Waals surface area contributed by atoms with E-state index < -0.39 is 16.7 Å². The third-order valence-electron chi connectivity index (χ3n) is 1.83. The van der Waals surface area contributed by atoms with E-state index in [2.05, 4.69) is 15.9 Å². The van der Waals surface area contributed by atoms with Crippen molar-refractivity contribution in [3.63, 3.8) is 0 Å². The van der Waals surface area contributed by atoms with E-state index in [-0.39, 0.29) is 5.92 Å². The van der Waals surface area contributed by atoms with Crippen LogP contribution < -0.4 is 0 Å². The Kier molecular flexibility index (Phi) is 3.68. The normalized spacial score (nSPS) is 13.0. The Morgan fingerprint density at radius 1 is 1.46 bits per heavy atom. The van der Waals surface area contributed by atoms with Crippen molar-refractivity contribution in [3.8, 4) is 0 Å². The molecule has 4 heteroatoms. The lowest BCUT2D eigenvalue weighted by atomic mass is 10.0. The minimum absolute atomic E-state index is 0.0156. The molecule has 0 bridgehead atoms. The van der Waals surface area contributed by atoms with Crippen LogP contribution in [-0.2, 0) is 0 Å². The summed E-state index contributed by atoms with van der Waals surface area (Å²) >= 11 is 8.64. The Morgan fingerprint density at radius 3 is 2.62 bits per heavy atom. The van der Waals surface area contributed by atoms with E-state index in [1.807, 2.05) is 6.92 Å². The summed E-state index contributed by atoms with van der Waals surface area (Å²) in [5.74, 6) is -1.39. The van der Waals surface area contributed by atoms with Crippen molar-refractivity contribution in [2.24, 2.45) is 0 Å². The fourth-order valence-corrected chi connectivity index (χ4v) is 1.53. The van der Waals surface area contributed by atoms with Crippen molar-refractivity contribution in [2.45, 2.75) is 12.8 Å². The predicted molar refractivity (Wildman–Crippen MR) is 53.6 cm³/mol. The smallest absolute Gasteiger partial charge is 0.148 e. The molecule has 0 nitrogen and oxygen atoms in total. The zero-order valence-corrected chi connectivity index (χ0v) is 9.29. The van der Waals surface area contributed by atoms with Crippen molar-refractivity contribution in [1.29, 1.82) is 0 Å². The molecule has 1 rings (SSSR count). The fraction of sp³-hybridized carbons (Fsp3) is 0.333. The number of benzene rings is 1. The molecular formula is C9H8BrClF2. The average molecular weight is 270 g/mol. The second-order valence-electron chi connectivity index (χ2n) is 2.82. The first-order valence-electron chi connectivity index (χ1n) is 3.77. The first kappa shape index (κ1) is 10.9. The van der Waals surface area contributed by atoms with E-state index in [0.717, 1.165) is 0 Å². The molecule has 0 fully saturated rings. The Balaban J connectivity index is 3.18. The Hall–Kier alpha value is -0.150. The molecule has 1 aromatic rings. The van der Waals surface area contributed by atoms with Gasteiger partial charge in [0.2, 0.25) is 0 Å². The summed E-state index contributed by atoms with van der Waals surface area (Å²) < 4.78 is 26.1. The quantitative estimate of drug-likeness (QED) is 0.560. The fourth-order valence-electron chi connectivity index (χ4n) is 1.00. The van der Waals surface area contributed by atoms with Crippen LogP contribution in [0.2, 0.25) is 5.02 Å². The molecule has 0 aliphatic carbocycles. The molecule has 0 aliphatic heterocycles. The molecule has 0 aromatic heterocycles. The van der Waals surface area contributed by atoms with Crippen LogP contribution in [0.5, 0.6) is 0 Å². The van der Waals surface area contributed by atoms with Gasteiger partial charge in [0.1, 0.15) is 16.7 Å². The largest absolute Gasteiger partial charge is 0.205 e. The van der Waals surface area contributed by atoms with Crippen molar-refractivity contribution in [3.05, 3.63) is 34.4 Å². The molecule has 0 radical (unpaired) electrons. The van der Waals surface area contributed by atoms with Crippen molar-refractivity contribution >= 4 is 27.5 Å². The summed E-state index contributed by atoms with van der Waals surface area (Å²) in [6, 6.07) is 2.60. The van der Waals surface area contributed by atoms with Crippen LogP contribution in [0, 0.1) is 11.6 Å². The van der Waals surface area contributed by atoms with Gasteiger partial charge in [0, 0.05) is 5.33 Å². The lowest BCUT2D eigenvalue weighted by Crippen LogP contribution is -2.00. The molecule has 0 amide bonds. The molecule has 0 spiro atoms. The van der Waals surface area contributed by atoms with Crippen LogP contribution in [0.3, 0.4) is 0 Å². The van der Waals surface area contributed by atoms with Crippen molar-refractivity contribution < 1.29 is 8.78 Å². The standard InChI is InChI=1S/C9H8BrClF2/c1-5(4-10)6-2-3-7(12)8(11)9(6)13/h2-3,5H,4H2,1H3. The molecule has 72 valence electrons. The van der Waals surface area contributed by atoms with Gasteiger partial charge in [-0.15, -0.1) is 0 Å². The Labute approximate surface area is 89.0 Å². The molecule has 1 aromatic carbocycles. The molecule has 1 unspecified atom stereocenters. The van der Waals surface area contributed by atoms with Crippen LogP contribution in [0.4, 0.5) is 8.78 Å². The minimum atomic E-state index is -0.718. The van der Waals surface area contributed by atoms with Crippen molar-refractivity contribution in [2.75, 3.05) is 5.33 Å². The van der Waals surface area contributed by atoms with Gasteiger partial charge in [-0.05, 0) is 17.5 Å². The van der Waals surface area contributed by atoms with Gasteiger partial charge in [0.25, 0.3) is 0 Å². The zero-order valence-electron chi connectivity index (χ0n) is 6.95. The summed E-state index contributed by atoms with van der Waals surface area (Å²) in [7, 11) is 0. The molecule has 0 aliphatic rings. The van der Waals surface area contributed by atoms with Gasteiger partial charge >= 0.3 is 0 Å². The van der Waals surface area contributed by atoms with E-state index in [1.165, 1.54) is 12.1 Å². The number of hydrogen-bond donors (Lipinski definition) is 0. The van der Waals surface area contributed by atoms with E-state index >= 15 is 0 Å². The Bertz CT molecular complexity index is 315. The summed E-state index contributed by atoms with van der Waals surface area (Å²) in [6.07, 6.45) is 0. The first-order valence-corrected chi connectivity index (χ1v) is 5.27. The zero-order chi connectivity index (χ0) is 10.0. The monoisotopic (exact) mass is 268 g/mol. The maximum absolute atomic E-state index is 13.3. The van der Waals surface area contributed by atoms with Gasteiger partial charge in [-0.3, -0.25) is 0 Å². The van der Waals surface area contributed by atoms with Gasteiger partial charge in [-0.2, -0.15) is 0 Å². The van der Waals surface area contributed by atoms with Gasteiger partial charge in [-0.1, -0.05) is 40.5 Å². The van der Waals surface area contributed by atoms with Gasteiger partial charge < -0.3 is 0 Å². The second-order valence-corrected chi connectivity index (χ2v) is 3.85. The van der Waals surface area contributed by atoms with E-state index in [9.17, 15) is 8.78 Å². The van der Waals surface area contributed by atoms with E-state index in [1.54, 1.807) is 0 Å². The van der Waals surface area contributed by atoms with Gasteiger partial charge in [-0.25, -0.2) is 8.78 Å². The Morgan fingerprint density at radius 2 is 2.08 bits per heavy atom.